The van der Waals surface area contributed by atoms with E-state index in [-0.39, 0.29) is 12.5 Å². The zero-order valence-electron chi connectivity index (χ0n) is 40.2. The molecule has 1 rings (SSSR count). The van der Waals surface area contributed by atoms with Gasteiger partial charge in [-0.3, -0.25) is 4.79 Å². The first-order valence-corrected chi connectivity index (χ1v) is 26.7. The van der Waals surface area contributed by atoms with Crippen LogP contribution in [0, 0.1) is 0 Å². The third kappa shape index (κ3) is 33.3. The summed E-state index contributed by atoms with van der Waals surface area (Å²) in [6.07, 6.45) is 42.6. The van der Waals surface area contributed by atoms with Gasteiger partial charge in [0.2, 0.25) is 5.91 Å². The standard InChI is InChI=1S/C52H103NO8/c1-3-5-7-9-11-13-15-17-19-21-22-23-24-25-26-28-30-32-34-36-38-40-42-48(56)53-45(44-60-52-51(59)50(58)49(57)47(43-54)61-52)46(55)41-39-37-35-33-31-29-27-20-18-16-14-12-10-8-6-4-2/h45-47,49-52,54-55,57-59H,3-44H2,1-2H3,(H,53,56)/t45-,46+,47+,49+,50?,51?,52+/m0/s1. The van der Waals surface area contributed by atoms with Crippen molar-refractivity contribution in [1.82, 2.24) is 5.32 Å². The number of amides is 1. The molecule has 2 unspecified atom stereocenters. The van der Waals surface area contributed by atoms with Crippen LogP contribution in [0.2, 0.25) is 0 Å². The summed E-state index contributed by atoms with van der Waals surface area (Å²) < 4.78 is 11.3. The average molecular weight is 870 g/mol. The van der Waals surface area contributed by atoms with Gasteiger partial charge in [-0.2, -0.15) is 0 Å². The molecule has 1 fully saturated rings. The molecular weight excluding hydrogens is 767 g/mol. The average Bonchev–Trinajstić information content (AvgIpc) is 3.26. The van der Waals surface area contributed by atoms with Crippen LogP contribution in [0.5, 0.6) is 0 Å². The first-order valence-electron chi connectivity index (χ1n) is 26.7. The van der Waals surface area contributed by atoms with Crippen molar-refractivity contribution in [2.75, 3.05) is 13.2 Å². The van der Waals surface area contributed by atoms with Crippen molar-refractivity contribution in [2.24, 2.45) is 0 Å². The Balaban J connectivity index is 2.22. The maximum absolute atomic E-state index is 13.0. The second-order valence-electron chi connectivity index (χ2n) is 19.0. The number of ether oxygens (including phenoxy) is 2. The quantitative estimate of drug-likeness (QED) is 0.0331. The summed E-state index contributed by atoms with van der Waals surface area (Å²) in [5.74, 6) is -0.137. The monoisotopic (exact) mass is 870 g/mol. The first-order chi connectivity index (χ1) is 29.8. The molecule has 1 aliphatic rings. The van der Waals surface area contributed by atoms with Crippen LogP contribution in [0.1, 0.15) is 271 Å². The van der Waals surface area contributed by atoms with Crippen molar-refractivity contribution in [3.05, 3.63) is 0 Å². The third-order valence-electron chi connectivity index (χ3n) is 13.2. The summed E-state index contributed by atoms with van der Waals surface area (Å²) in [4.78, 5) is 13.0. The Bertz CT molecular complexity index is 924. The summed E-state index contributed by atoms with van der Waals surface area (Å²) in [5, 5.41) is 54.5. The van der Waals surface area contributed by atoms with E-state index in [9.17, 15) is 30.3 Å². The van der Waals surface area contributed by atoms with E-state index in [2.05, 4.69) is 19.2 Å². The van der Waals surface area contributed by atoms with Crippen LogP contribution in [0.25, 0.3) is 0 Å². The molecule has 9 heteroatoms. The number of aliphatic hydroxyl groups is 5. The van der Waals surface area contributed by atoms with Crippen LogP contribution in [0.3, 0.4) is 0 Å². The highest BCUT2D eigenvalue weighted by atomic mass is 16.7. The zero-order valence-corrected chi connectivity index (χ0v) is 40.2. The minimum atomic E-state index is -1.55. The largest absolute Gasteiger partial charge is 0.394 e. The van der Waals surface area contributed by atoms with E-state index in [1.54, 1.807) is 0 Å². The Morgan fingerprint density at radius 2 is 0.820 bits per heavy atom. The highest BCUT2D eigenvalue weighted by molar-refractivity contribution is 5.76. The summed E-state index contributed by atoms with van der Waals surface area (Å²) >= 11 is 0. The zero-order chi connectivity index (χ0) is 44.4. The molecule has 0 aromatic heterocycles. The lowest BCUT2D eigenvalue weighted by Gasteiger charge is -2.40. The number of hydrogen-bond donors (Lipinski definition) is 6. The summed E-state index contributed by atoms with van der Waals surface area (Å²) in [7, 11) is 0. The van der Waals surface area contributed by atoms with Crippen LogP contribution in [0.4, 0.5) is 0 Å². The lowest BCUT2D eigenvalue weighted by Crippen LogP contribution is -2.60. The Labute approximate surface area is 376 Å². The topological polar surface area (TPSA) is 149 Å². The number of rotatable bonds is 46. The normalized spacial score (nSPS) is 20.3. The molecule has 0 saturated carbocycles. The van der Waals surface area contributed by atoms with Gasteiger partial charge < -0.3 is 40.3 Å². The molecule has 364 valence electrons. The highest BCUT2D eigenvalue weighted by Crippen LogP contribution is 2.23. The van der Waals surface area contributed by atoms with Crippen molar-refractivity contribution in [3.8, 4) is 0 Å². The Hall–Kier alpha value is -0.810. The number of unbranched alkanes of at least 4 members (excludes halogenated alkanes) is 36. The molecule has 1 aliphatic heterocycles. The molecule has 0 aromatic rings. The van der Waals surface area contributed by atoms with Gasteiger partial charge in [0.1, 0.15) is 24.4 Å². The molecule has 1 amide bonds. The Morgan fingerprint density at radius 3 is 1.16 bits per heavy atom. The number of carbonyl (C=O) groups excluding carboxylic acids is 1. The van der Waals surface area contributed by atoms with Crippen molar-refractivity contribution in [3.63, 3.8) is 0 Å². The van der Waals surface area contributed by atoms with Crippen LogP contribution >= 0.6 is 0 Å². The van der Waals surface area contributed by atoms with Crippen molar-refractivity contribution in [1.29, 1.82) is 0 Å². The van der Waals surface area contributed by atoms with Gasteiger partial charge >= 0.3 is 0 Å². The first kappa shape index (κ1) is 58.2. The highest BCUT2D eigenvalue weighted by Gasteiger charge is 2.44. The molecule has 61 heavy (non-hydrogen) atoms. The van der Waals surface area contributed by atoms with Gasteiger partial charge in [0.05, 0.1) is 25.4 Å². The minimum absolute atomic E-state index is 0.131. The lowest BCUT2D eigenvalue weighted by atomic mass is 9.99. The molecule has 7 atom stereocenters. The van der Waals surface area contributed by atoms with E-state index in [1.165, 1.54) is 205 Å². The Morgan fingerprint density at radius 1 is 0.492 bits per heavy atom. The van der Waals surface area contributed by atoms with E-state index >= 15 is 0 Å². The van der Waals surface area contributed by atoms with Crippen molar-refractivity contribution >= 4 is 5.91 Å². The van der Waals surface area contributed by atoms with E-state index in [4.69, 9.17) is 9.47 Å². The third-order valence-corrected chi connectivity index (χ3v) is 13.2. The van der Waals surface area contributed by atoms with E-state index in [0.717, 1.165) is 38.5 Å². The molecule has 0 radical (unpaired) electrons. The van der Waals surface area contributed by atoms with Crippen molar-refractivity contribution < 1.29 is 39.8 Å². The molecule has 0 spiro atoms. The number of hydrogen-bond acceptors (Lipinski definition) is 8. The smallest absolute Gasteiger partial charge is 0.220 e. The fourth-order valence-electron chi connectivity index (χ4n) is 8.93. The van der Waals surface area contributed by atoms with Gasteiger partial charge in [0.25, 0.3) is 0 Å². The van der Waals surface area contributed by atoms with E-state index in [1.807, 2.05) is 0 Å². The van der Waals surface area contributed by atoms with E-state index in [0.29, 0.717) is 12.8 Å². The van der Waals surface area contributed by atoms with Crippen LogP contribution < -0.4 is 5.32 Å². The summed E-state index contributed by atoms with van der Waals surface area (Å²) in [5.41, 5.74) is 0. The summed E-state index contributed by atoms with van der Waals surface area (Å²) in [6, 6.07) is -0.712. The fraction of sp³-hybridized carbons (Fsp3) is 0.981. The Kier molecular flexibility index (Phi) is 41.1. The van der Waals surface area contributed by atoms with Gasteiger partial charge in [0.15, 0.2) is 6.29 Å². The predicted molar refractivity (Wildman–Crippen MR) is 254 cm³/mol. The van der Waals surface area contributed by atoms with Crippen LogP contribution in [-0.4, -0.2) is 87.5 Å². The molecule has 0 aromatic carbocycles. The fourth-order valence-corrected chi connectivity index (χ4v) is 8.93. The van der Waals surface area contributed by atoms with Crippen LogP contribution in [0.15, 0.2) is 0 Å². The minimum Gasteiger partial charge on any atom is -0.394 e. The van der Waals surface area contributed by atoms with Crippen molar-refractivity contribution in [2.45, 2.75) is 314 Å². The van der Waals surface area contributed by atoms with Gasteiger partial charge in [-0.25, -0.2) is 0 Å². The predicted octanol–water partition coefficient (Wildman–Crippen LogP) is 12.3. The van der Waals surface area contributed by atoms with Crippen LogP contribution in [-0.2, 0) is 14.3 Å². The maximum Gasteiger partial charge on any atom is 0.220 e. The van der Waals surface area contributed by atoms with Gasteiger partial charge in [-0.15, -0.1) is 0 Å². The molecule has 1 heterocycles. The second kappa shape index (κ2) is 43.1. The molecule has 0 bridgehead atoms. The molecular formula is C52H103NO8. The SMILES string of the molecule is CCCCCCCCCCCCCCCCCCCCCCCCC(=O)N[C@@H](CO[C@@H]1O[C@H](CO)[C@@H](O)C(O)C1O)[C@H](O)CCCCCCCCCCCCCCCCCC. The number of aliphatic hydroxyl groups excluding tert-OH is 5. The van der Waals surface area contributed by atoms with Gasteiger partial charge in [-0.05, 0) is 12.8 Å². The molecule has 1 saturated heterocycles. The number of carbonyl (C=O) groups is 1. The van der Waals surface area contributed by atoms with Gasteiger partial charge in [-0.1, -0.05) is 251 Å². The molecule has 9 nitrogen and oxygen atoms in total. The second-order valence-corrected chi connectivity index (χ2v) is 19.0. The number of nitrogens with one attached hydrogen (secondary N) is 1. The summed E-state index contributed by atoms with van der Waals surface area (Å²) in [6.45, 7) is 3.87. The van der Waals surface area contributed by atoms with E-state index < -0.39 is 49.5 Å². The maximum atomic E-state index is 13.0. The lowest BCUT2D eigenvalue weighted by molar-refractivity contribution is -0.302. The molecule has 0 aliphatic carbocycles. The molecule has 6 N–H and O–H groups in total. The van der Waals surface area contributed by atoms with Gasteiger partial charge in [0, 0.05) is 6.42 Å².